The van der Waals surface area contributed by atoms with Gasteiger partial charge in [-0.15, -0.1) is 0 Å². The van der Waals surface area contributed by atoms with Crippen LogP contribution in [-0.4, -0.2) is 67.1 Å². The number of amides is 2. The minimum atomic E-state index is -3.21. The van der Waals surface area contributed by atoms with E-state index in [9.17, 15) is 18.0 Å². The number of thioether (sulfide) groups is 1. The molecule has 0 aromatic heterocycles. The van der Waals surface area contributed by atoms with Crippen molar-refractivity contribution < 1.29 is 27.5 Å². The van der Waals surface area contributed by atoms with Gasteiger partial charge < -0.3 is 19.7 Å². The Hall–Kier alpha value is -3.05. The third-order valence-corrected chi connectivity index (χ3v) is 9.09. The van der Waals surface area contributed by atoms with Crippen molar-refractivity contribution in [3.63, 3.8) is 0 Å². The fourth-order valence-corrected chi connectivity index (χ4v) is 8.22. The summed E-state index contributed by atoms with van der Waals surface area (Å²) in [5, 5.41) is 2.81. The summed E-state index contributed by atoms with van der Waals surface area (Å²) in [6, 6.07) is 15.2. The summed E-state index contributed by atoms with van der Waals surface area (Å²) in [5.74, 6) is 0.0390. The maximum absolute atomic E-state index is 13.5. The molecule has 2 heterocycles. The summed E-state index contributed by atoms with van der Waals surface area (Å²) < 4.78 is 35.5. The molecule has 0 aliphatic carbocycles. The second-order valence-corrected chi connectivity index (χ2v) is 13.4. The molecule has 2 aromatic carbocycles. The van der Waals surface area contributed by atoms with E-state index in [0.29, 0.717) is 16.6 Å². The van der Waals surface area contributed by atoms with Gasteiger partial charge in [0.2, 0.25) is 0 Å². The van der Waals surface area contributed by atoms with Crippen molar-refractivity contribution in [2.45, 2.75) is 50.1 Å². The SMILES string of the molecule is COc1cccc(N2C(=NC(=O)[C@H](Cc3ccccc3)NC(=O)OC(C)(C)C)S[C@@H]3CS(=O)(=O)C[C@@H]32)c1. The Kier molecular flexibility index (Phi) is 7.84. The molecule has 1 N–H and O–H groups in total. The number of amidine groups is 1. The standard InChI is InChI=1S/C26H31N3O6S2/c1-26(2,3)35-25(31)27-20(13-17-9-6-5-7-10-17)23(30)28-24-29(18-11-8-12-19(14-18)34-4)21-15-37(32,33)16-22(21)36-24/h5-12,14,20-22H,13,15-16H2,1-4H3,(H,27,31)/t20-,21-,22+/m0/s1. The molecule has 2 saturated heterocycles. The zero-order valence-corrected chi connectivity index (χ0v) is 22.8. The number of alkyl carbamates (subject to hydrolysis) is 1. The van der Waals surface area contributed by atoms with Crippen LogP contribution in [0.5, 0.6) is 5.75 Å². The Bertz CT molecular complexity index is 1290. The van der Waals surface area contributed by atoms with Crippen molar-refractivity contribution in [1.29, 1.82) is 0 Å². The summed E-state index contributed by atoms with van der Waals surface area (Å²) in [7, 11) is -1.66. The summed E-state index contributed by atoms with van der Waals surface area (Å²) in [6.45, 7) is 5.23. The molecule has 0 unspecified atom stereocenters. The van der Waals surface area contributed by atoms with Crippen molar-refractivity contribution in [2.24, 2.45) is 4.99 Å². The fourth-order valence-electron chi connectivity index (χ4n) is 4.30. The van der Waals surface area contributed by atoms with E-state index < -0.39 is 33.5 Å². The Morgan fingerprint density at radius 1 is 1.14 bits per heavy atom. The first-order valence-corrected chi connectivity index (χ1v) is 14.6. The van der Waals surface area contributed by atoms with Crippen molar-refractivity contribution >= 4 is 44.5 Å². The minimum Gasteiger partial charge on any atom is -0.497 e. The van der Waals surface area contributed by atoms with Crippen LogP contribution in [0.3, 0.4) is 0 Å². The third-order valence-electron chi connectivity index (χ3n) is 5.88. The first kappa shape index (κ1) is 27.0. The van der Waals surface area contributed by atoms with Crippen LogP contribution in [0.1, 0.15) is 26.3 Å². The van der Waals surface area contributed by atoms with E-state index in [0.717, 1.165) is 5.56 Å². The molecule has 0 spiro atoms. The van der Waals surface area contributed by atoms with Crippen molar-refractivity contribution in [2.75, 3.05) is 23.5 Å². The maximum Gasteiger partial charge on any atom is 0.408 e. The molecule has 2 aromatic rings. The normalized spacial score (nSPS) is 22.4. The average molecular weight is 546 g/mol. The number of carbonyl (C=O) groups is 2. The predicted octanol–water partition coefficient (Wildman–Crippen LogP) is 3.43. The molecule has 2 aliphatic heterocycles. The number of ether oxygens (including phenoxy) is 2. The van der Waals surface area contributed by atoms with Crippen molar-refractivity contribution in [3.8, 4) is 5.75 Å². The van der Waals surface area contributed by atoms with Gasteiger partial charge in [0.05, 0.1) is 24.7 Å². The zero-order chi connectivity index (χ0) is 26.8. The van der Waals surface area contributed by atoms with Gasteiger partial charge in [-0.25, -0.2) is 13.2 Å². The van der Waals surface area contributed by atoms with E-state index in [4.69, 9.17) is 9.47 Å². The number of methoxy groups -OCH3 is 1. The molecule has 3 atom stereocenters. The van der Waals surface area contributed by atoms with Crippen molar-refractivity contribution in [1.82, 2.24) is 5.32 Å². The van der Waals surface area contributed by atoms with E-state index in [-0.39, 0.29) is 29.2 Å². The van der Waals surface area contributed by atoms with E-state index in [2.05, 4.69) is 10.3 Å². The van der Waals surface area contributed by atoms with Crippen LogP contribution in [-0.2, 0) is 25.8 Å². The molecule has 2 aliphatic rings. The van der Waals surface area contributed by atoms with E-state index >= 15 is 0 Å². The number of benzene rings is 2. The second kappa shape index (κ2) is 10.7. The van der Waals surface area contributed by atoms with Gasteiger partial charge in [0.25, 0.3) is 5.91 Å². The van der Waals surface area contributed by atoms with E-state index in [1.165, 1.54) is 11.8 Å². The smallest absolute Gasteiger partial charge is 0.408 e. The number of carbonyl (C=O) groups excluding carboxylic acids is 2. The van der Waals surface area contributed by atoms with Gasteiger partial charge in [-0.3, -0.25) is 4.79 Å². The Morgan fingerprint density at radius 2 is 1.86 bits per heavy atom. The first-order chi connectivity index (χ1) is 17.4. The minimum absolute atomic E-state index is 0.0135. The summed E-state index contributed by atoms with van der Waals surface area (Å²) >= 11 is 1.27. The van der Waals surface area contributed by atoms with Gasteiger partial charge in [0.1, 0.15) is 17.4 Å². The van der Waals surface area contributed by atoms with Crippen LogP contribution >= 0.6 is 11.8 Å². The fraction of sp³-hybridized carbons (Fsp3) is 0.423. The van der Waals surface area contributed by atoms with Crippen LogP contribution in [0.2, 0.25) is 0 Å². The van der Waals surface area contributed by atoms with Crippen LogP contribution < -0.4 is 15.0 Å². The second-order valence-electron chi connectivity index (χ2n) is 9.99. The quantitative estimate of drug-likeness (QED) is 0.587. The van der Waals surface area contributed by atoms with Gasteiger partial charge in [-0.2, -0.15) is 4.99 Å². The largest absolute Gasteiger partial charge is 0.497 e. The molecule has 2 fully saturated rings. The van der Waals surface area contributed by atoms with Crippen LogP contribution in [0.15, 0.2) is 59.6 Å². The molecule has 0 bridgehead atoms. The third kappa shape index (κ3) is 6.84. The number of sulfone groups is 1. The molecule has 198 valence electrons. The molecule has 11 heteroatoms. The number of nitrogens with one attached hydrogen (secondary N) is 1. The highest BCUT2D eigenvalue weighted by Crippen LogP contribution is 2.41. The molecule has 9 nitrogen and oxygen atoms in total. The zero-order valence-electron chi connectivity index (χ0n) is 21.2. The number of aliphatic imine (C=N–C) groups is 1. The van der Waals surface area contributed by atoms with Crippen LogP contribution in [0.4, 0.5) is 10.5 Å². The van der Waals surface area contributed by atoms with Gasteiger partial charge in [0.15, 0.2) is 15.0 Å². The highest BCUT2D eigenvalue weighted by molar-refractivity contribution is 8.16. The molecular formula is C26H31N3O6S2. The highest BCUT2D eigenvalue weighted by atomic mass is 32.2. The summed E-state index contributed by atoms with van der Waals surface area (Å²) in [4.78, 5) is 32.3. The van der Waals surface area contributed by atoms with Gasteiger partial charge in [0, 0.05) is 23.4 Å². The lowest BCUT2D eigenvalue weighted by molar-refractivity contribution is -0.119. The lowest BCUT2D eigenvalue weighted by Gasteiger charge is -2.25. The molecule has 2 amide bonds. The molecular weight excluding hydrogens is 514 g/mol. The van der Waals surface area contributed by atoms with Crippen LogP contribution in [0, 0.1) is 0 Å². The lowest BCUT2D eigenvalue weighted by atomic mass is 10.1. The number of rotatable bonds is 6. The monoisotopic (exact) mass is 545 g/mol. The number of hydrogen-bond acceptors (Lipinski definition) is 7. The molecule has 0 saturated carbocycles. The summed E-state index contributed by atoms with van der Waals surface area (Å²) in [5.41, 5.74) is 0.801. The lowest BCUT2D eigenvalue weighted by Crippen LogP contribution is -2.45. The molecule has 37 heavy (non-hydrogen) atoms. The van der Waals surface area contributed by atoms with Crippen molar-refractivity contribution in [3.05, 3.63) is 60.2 Å². The highest BCUT2D eigenvalue weighted by Gasteiger charge is 2.49. The van der Waals surface area contributed by atoms with Gasteiger partial charge in [-0.1, -0.05) is 48.2 Å². The van der Waals surface area contributed by atoms with Crippen LogP contribution in [0.25, 0.3) is 0 Å². The molecule has 0 radical (unpaired) electrons. The molecule has 4 rings (SSSR count). The summed E-state index contributed by atoms with van der Waals surface area (Å²) in [6.07, 6.45) is -0.491. The number of fused-ring (bicyclic) bond motifs is 1. The Morgan fingerprint density at radius 3 is 2.54 bits per heavy atom. The predicted molar refractivity (Wildman–Crippen MR) is 145 cm³/mol. The van der Waals surface area contributed by atoms with E-state index in [1.807, 2.05) is 36.4 Å². The first-order valence-electron chi connectivity index (χ1n) is 11.9. The Labute approximate surface area is 221 Å². The number of nitrogens with zero attached hydrogens (tertiary/aromatic N) is 2. The maximum atomic E-state index is 13.5. The van der Waals surface area contributed by atoms with Gasteiger partial charge >= 0.3 is 6.09 Å². The average Bonchev–Trinajstić information content (AvgIpc) is 3.28. The number of hydrogen-bond donors (Lipinski definition) is 1. The Balaban J connectivity index is 1.66. The topological polar surface area (TPSA) is 114 Å². The van der Waals surface area contributed by atoms with Gasteiger partial charge in [-0.05, 0) is 38.5 Å². The van der Waals surface area contributed by atoms with E-state index in [1.54, 1.807) is 51.0 Å². The number of anilines is 1.